The van der Waals surface area contributed by atoms with Gasteiger partial charge in [-0.3, -0.25) is 4.79 Å². The highest BCUT2D eigenvalue weighted by molar-refractivity contribution is 7.99. The van der Waals surface area contributed by atoms with Gasteiger partial charge in [0.25, 0.3) is 0 Å². The normalized spacial score (nSPS) is 20.8. The van der Waals surface area contributed by atoms with E-state index >= 15 is 0 Å². The number of halogens is 6. The maximum atomic E-state index is 14.2. The Kier molecular flexibility index (Phi) is 9.21. The summed E-state index contributed by atoms with van der Waals surface area (Å²) in [5.74, 6) is 0.0686. The van der Waals surface area contributed by atoms with E-state index in [0.717, 1.165) is 50.0 Å². The van der Waals surface area contributed by atoms with Gasteiger partial charge in [0.05, 0.1) is 24.3 Å². The zero-order valence-electron chi connectivity index (χ0n) is 21.4. The van der Waals surface area contributed by atoms with Gasteiger partial charge < -0.3 is 15.0 Å². The molecule has 0 spiro atoms. The number of hydrogen-bond acceptors (Lipinski definition) is 4. The number of morpholine rings is 1. The van der Waals surface area contributed by atoms with Gasteiger partial charge in [-0.1, -0.05) is 30.8 Å². The summed E-state index contributed by atoms with van der Waals surface area (Å²) in [5.41, 5.74) is -3.58. The first kappa shape index (κ1) is 29.3. The van der Waals surface area contributed by atoms with Crippen molar-refractivity contribution in [1.29, 1.82) is 0 Å². The van der Waals surface area contributed by atoms with Crippen molar-refractivity contribution in [3.8, 4) is 0 Å². The number of hydrogen-bond donors (Lipinski definition) is 1. The smallest absolute Gasteiger partial charge is 0.382 e. The topological polar surface area (TPSA) is 41.6 Å². The second-order valence-corrected chi connectivity index (χ2v) is 11.0. The van der Waals surface area contributed by atoms with Crippen LogP contribution in [0, 0.1) is 5.92 Å². The van der Waals surface area contributed by atoms with Gasteiger partial charge in [-0.25, -0.2) is 0 Å². The van der Waals surface area contributed by atoms with Crippen LogP contribution < -0.4 is 5.32 Å². The fraction of sp³-hybridized carbons (Fsp3) is 0.464. The lowest BCUT2D eigenvalue weighted by atomic mass is 9.87. The average molecular weight is 573 g/mol. The van der Waals surface area contributed by atoms with Gasteiger partial charge >= 0.3 is 12.4 Å². The first-order valence-corrected chi connectivity index (χ1v) is 13.6. The molecule has 1 saturated heterocycles. The minimum absolute atomic E-state index is 0.246. The van der Waals surface area contributed by atoms with Crippen LogP contribution in [0.15, 0.2) is 52.3 Å². The molecule has 2 aromatic carbocycles. The number of alkyl halides is 6. The summed E-state index contributed by atoms with van der Waals surface area (Å²) in [5, 5.41) is 3.40. The quantitative estimate of drug-likeness (QED) is 0.284. The highest BCUT2D eigenvalue weighted by Gasteiger charge is 2.46. The van der Waals surface area contributed by atoms with Crippen LogP contribution in [0.25, 0.3) is 6.08 Å². The number of amides is 1. The molecule has 0 atom stereocenters. The summed E-state index contributed by atoms with van der Waals surface area (Å²) >= 11 is 0.631. The Morgan fingerprint density at radius 2 is 1.64 bits per heavy atom. The maximum absolute atomic E-state index is 14.2. The molecular weight excluding hydrogens is 542 g/mol. The summed E-state index contributed by atoms with van der Waals surface area (Å²) in [7, 11) is 0. The predicted octanol–water partition coefficient (Wildman–Crippen LogP) is 7.74. The molecule has 1 amide bonds. The molecule has 1 aliphatic carbocycles. The average Bonchev–Trinajstić information content (AvgIpc) is 2.88. The van der Waals surface area contributed by atoms with Gasteiger partial charge in [0.15, 0.2) is 0 Å². The van der Waals surface area contributed by atoms with Crippen molar-refractivity contribution >= 4 is 29.4 Å². The highest BCUT2D eigenvalue weighted by Crippen LogP contribution is 2.48. The van der Waals surface area contributed by atoms with Crippen LogP contribution in [0.3, 0.4) is 0 Å². The molecule has 0 radical (unpaired) electrons. The Morgan fingerprint density at radius 1 is 0.974 bits per heavy atom. The van der Waals surface area contributed by atoms with E-state index in [4.69, 9.17) is 4.74 Å². The minimum atomic E-state index is -5.30. The molecule has 0 bridgehead atoms. The third-order valence-electron chi connectivity index (χ3n) is 6.94. The highest BCUT2D eigenvalue weighted by atomic mass is 32.2. The fourth-order valence-corrected chi connectivity index (χ4v) is 5.92. The van der Waals surface area contributed by atoms with Gasteiger partial charge in [-0.05, 0) is 67.5 Å². The first-order chi connectivity index (χ1) is 18.4. The third kappa shape index (κ3) is 7.72. The first-order valence-electron chi connectivity index (χ1n) is 12.8. The van der Waals surface area contributed by atoms with Gasteiger partial charge in [0.1, 0.15) is 0 Å². The van der Waals surface area contributed by atoms with Crippen LogP contribution in [0.2, 0.25) is 0 Å². The second-order valence-electron chi connectivity index (χ2n) is 9.90. The lowest BCUT2D eigenvalue weighted by Crippen LogP contribution is -2.39. The third-order valence-corrected chi connectivity index (χ3v) is 7.99. The Bertz CT molecular complexity index is 1180. The van der Waals surface area contributed by atoms with E-state index in [0.29, 0.717) is 28.3 Å². The van der Waals surface area contributed by atoms with Crippen molar-refractivity contribution in [2.45, 2.75) is 60.8 Å². The van der Waals surface area contributed by atoms with Crippen molar-refractivity contribution in [2.75, 3.05) is 31.6 Å². The van der Waals surface area contributed by atoms with Gasteiger partial charge in [0, 0.05) is 40.7 Å². The molecule has 212 valence electrons. The Hall–Kier alpha value is -2.66. The lowest BCUT2D eigenvalue weighted by Gasteiger charge is -2.28. The molecule has 2 aliphatic rings. The molecular formula is C28H30F6N2O2S. The summed E-state index contributed by atoms with van der Waals surface area (Å²) in [6.07, 6.45) is -4.77. The zero-order valence-corrected chi connectivity index (χ0v) is 22.2. The number of rotatable bonds is 6. The van der Waals surface area contributed by atoms with E-state index in [9.17, 15) is 31.1 Å². The van der Waals surface area contributed by atoms with Crippen LogP contribution in [-0.4, -0.2) is 43.2 Å². The predicted molar refractivity (Wildman–Crippen MR) is 138 cm³/mol. The summed E-state index contributed by atoms with van der Waals surface area (Å²) in [6, 6.07) is 8.95. The van der Waals surface area contributed by atoms with E-state index in [-0.39, 0.29) is 32.3 Å². The minimum Gasteiger partial charge on any atom is -0.382 e. The summed E-state index contributed by atoms with van der Waals surface area (Å²) in [4.78, 5) is 13.6. The van der Waals surface area contributed by atoms with E-state index in [1.165, 1.54) is 4.90 Å². The molecule has 4 nitrogen and oxygen atoms in total. The standard InChI is InChI=1S/C28H30F6N2O2S/c1-18-5-9-20(10-6-18)35-21-3-2-4-22(17-21)39-23-11-7-19(8-12-24(37)36-13-15-38-16-14-36)25(27(29,30)31)26(23)28(32,33)34/h2-4,7-8,11-12,17-18,20,35H,5-6,9-10,13-16H2,1H3/b12-8+. The molecule has 11 heteroatoms. The van der Waals surface area contributed by atoms with E-state index < -0.39 is 39.8 Å². The molecule has 2 fully saturated rings. The van der Waals surface area contributed by atoms with Crippen LogP contribution >= 0.6 is 11.8 Å². The molecule has 1 heterocycles. The van der Waals surface area contributed by atoms with Crippen molar-refractivity contribution in [1.82, 2.24) is 4.90 Å². The SMILES string of the molecule is CC1CCC(Nc2cccc(Sc3ccc(/C=C/C(=O)N4CCOCC4)c(C(F)(F)F)c3C(F)(F)F)c2)CC1. The van der Waals surface area contributed by atoms with Crippen LogP contribution in [0.5, 0.6) is 0 Å². The van der Waals surface area contributed by atoms with Crippen molar-refractivity contribution in [3.63, 3.8) is 0 Å². The summed E-state index contributed by atoms with van der Waals surface area (Å²) < 4.78 is 90.1. The molecule has 1 saturated carbocycles. The molecule has 1 aliphatic heterocycles. The van der Waals surface area contributed by atoms with Crippen LogP contribution in [-0.2, 0) is 21.9 Å². The Balaban J connectivity index is 1.64. The van der Waals surface area contributed by atoms with E-state index in [1.54, 1.807) is 24.3 Å². The van der Waals surface area contributed by atoms with Crippen LogP contribution in [0.4, 0.5) is 32.0 Å². The van der Waals surface area contributed by atoms with Crippen LogP contribution in [0.1, 0.15) is 49.3 Å². The number of nitrogens with zero attached hydrogens (tertiary/aromatic N) is 1. The number of carbonyl (C=O) groups excluding carboxylic acids is 1. The molecule has 39 heavy (non-hydrogen) atoms. The number of anilines is 1. The monoisotopic (exact) mass is 572 g/mol. The largest absolute Gasteiger partial charge is 0.418 e. The number of carbonyl (C=O) groups is 1. The molecule has 1 N–H and O–H groups in total. The number of nitrogens with one attached hydrogen (secondary N) is 1. The van der Waals surface area contributed by atoms with Gasteiger partial charge in [0.2, 0.25) is 5.91 Å². The summed E-state index contributed by atoms with van der Waals surface area (Å²) in [6.45, 7) is 3.28. The lowest BCUT2D eigenvalue weighted by molar-refractivity contribution is -0.163. The number of ether oxygens (including phenoxy) is 1. The van der Waals surface area contributed by atoms with Gasteiger partial charge in [-0.2, -0.15) is 26.3 Å². The zero-order chi connectivity index (χ0) is 28.2. The Labute approximate surface area is 227 Å². The molecule has 0 aromatic heterocycles. The molecule has 4 rings (SSSR count). The second kappa shape index (κ2) is 12.2. The van der Waals surface area contributed by atoms with E-state index in [1.807, 2.05) is 0 Å². The molecule has 2 aromatic rings. The van der Waals surface area contributed by atoms with Crippen molar-refractivity contribution < 1.29 is 35.9 Å². The van der Waals surface area contributed by atoms with Gasteiger partial charge in [-0.15, -0.1) is 0 Å². The maximum Gasteiger partial charge on any atom is 0.418 e. The number of benzene rings is 2. The van der Waals surface area contributed by atoms with Crippen molar-refractivity contribution in [3.05, 3.63) is 59.2 Å². The Morgan fingerprint density at radius 3 is 2.28 bits per heavy atom. The van der Waals surface area contributed by atoms with Crippen molar-refractivity contribution in [2.24, 2.45) is 5.92 Å². The fourth-order valence-electron chi connectivity index (χ4n) is 4.88. The molecule has 0 unspecified atom stereocenters. The van der Waals surface area contributed by atoms with E-state index in [2.05, 4.69) is 12.2 Å².